The van der Waals surface area contributed by atoms with Crippen molar-refractivity contribution in [3.8, 4) is 0 Å². The quantitative estimate of drug-likeness (QED) is 0.804. The first-order valence-corrected chi connectivity index (χ1v) is 9.36. The fraction of sp³-hybridized carbons (Fsp3) is 0.556. The van der Waals surface area contributed by atoms with Crippen molar-refractivity contribution in [3.05, 3.63) is 38.8 Å². The number of aryl methyl sites for hydroxylation is 3. The second kappa shape index (κ2) is 5.78. The number of rotatable bonds is 1. The normalized spacial score (nSPS) is 20.8. The maximum Gasteiger partial charge on any atom is 0.264 e. The van der Waals surface area contributed by atoms with Crippen LogP contribution in [0.15, 0.2) is 12.1 Å². The molecule has 0 saturated heterocycles. The highest BCUT2D eigenvalue weighted by Crippen LogP contribution is 2.33. The molecule has 122 valence electrons. The van der Waals surface area contributed by atoms with Crippen molar-refractivity contribution in [1.29, 1.82) is 0 Å². The third kappa shape index (κ3) is 2.82. The van der Waals surface area contributed by atoms with Crippen molar-refractivity contribution < 1.29 is 4.79 Å². The van der Waals surface area contributed by atoms with E-state index in [1.807, 2.05) is 11.8 Å². The average Bonchev–Trinajstić information content (AvgIpc) is 3.03. The Labute approximate surface area is 141 Å². The fourth-order valence-electron chi connectivity index (χ4n) is 3.75. The van der Waals surface area contributed by atoms with E-state index in [1.54, 1.807) is 11.3 Å². The number of carbonyl (C=O) groups is 1. The van der Waals surface area contributed by atoms with Crippen LogP contribution >= 0.6 is 11.3 Å². The molecule has 4 nitrogen and oxygen atoms in total. The van der Waals surface area contributed by atoms with Crippen LogP contribution in [0.3, 0.4) is 0 Å². The van der Waals surface area contributed by atoms with Crippen LogP contribution in [0, 0.1) is 12.8 Å². The molecule has 23 heavy (non-hydrogen) atoms. The summed E-state index contributed by atoms with van der Waals surface area (Å²) in [5.74, 6) is 0.944. The summed E-state index contributed by atoms with van der Waals surface area (Å²) in [5, 5.41) is 4.52. The second-order valence-corrected chi connectivity index (χ2v) is 8.12. The number of carbonyl (C=O) groups excluding carboxylic acids is 1. The van der Waals surface area contributed by atoms with E-state index in [-0.39, 0.29) is 5.91 Å². The summed E-state index contributed by atoms with van der Waals surface area (Å²) in [6.07, 6.45) is 4.50. The van der Waals surface area contributed by atoms with Gasteiger partial charge in [-0.25, -0.2) is 0 Å². The Kier molecular flexibility index (Phi) is 3.76. The van der Waals surface area contributed by atoms with Crippen LogP contribution in [-0.4, -0.2) is 27.1 Å². The Morgan fingerprint density at radius 2 is 2.22 bits per heavy atom. The number of hydrogen-bond donors (Lipinski definition) is 0. The number of fused-ring (bicyclic) bond motifs is 2. The molecule has 1 atom stereocenters. The molecule has 1 aliphatic heterocycles. The van der Waals surface area contributed by atoms with Gasteiger partial charge in [0.15, 0.2) is 0 Å². The van der Waals surface area contributed by atoms with E-state index in [1.165, 1.54) is 16.9 Å². The molecule has 0 radical (unpaired) electrons. The third-order valence-electron chi connectivity index (χ3n) is 4.96. The van der Waals surface area contributed by atoms with E-state index in [2.05, 4.69) is 28.8 Å². The van der Waals surface area contributed by atoms with Gasteiger partial charge in [-0.1, -0.05) is 6.92 Å². The first kappa shape index (κ1) is 14.9. The van der Waals surface area contributed by atoms with Crippen molar-refractivity contribution in [2.45, 2.75) is 52.6 Å². The van der Waals surface area contributed by atoms with Crippen LogP contribution in [0.25, 0.3) is 0 Å². The highest BCUT2D eigenvalue weighted by Gasteiger charge is 2.25. The molecular formula is C18H23N3OS. The van der Waals surface area contributed by atoms with Crippen LogP contribution in [0.5, 0.6) is 0 Å². The zero-order valence-corrected chi connectivity index (χ0v) is 14.7. The van der Waals surface area contributed by atoms with E-state index in [0.29, 0.717) is 6.54 Å². The molecule has 1 amide bonds. The summed E-state index contributed by atoms with van der Waals surface area (Å²) >= 11 is 1.72. The Hall–Kier alpha value is -1.62. The molecule has 0 bridgehead atoms. The zero-order valence-electron chi connectivity index (χ0n) is 13.8. The lowest BCUT2D eigenvalue weighted by molar-refractivity contribution is 0.0750. The monoisotopic (exact) mass is 329 g/mol. The Balaban J connectivity index is 1.57. The van der Waals surface area contributed by atoms with Crippen molar-refractivity contribution in [1.82, 2.24) is 14.7 Å². The smallest absolute Gasteiger partial charge is 0.264 e. The number of nitrogens with zero attached hydrogens (tertiary/aromatic N) is 3. The van der Waals surface area contributed by atoms with Gasteiger partial charge in [-0.05, 0) is 56.2 Å². The van der Waals surface area contributed by atoms with Gasteiger partial charge in [-0.3, -0.25) is 9.48 Å². The Bertz CT molecular complexity index is 746. The van der Waals surface area contributed by atoms with E-state index in [0.717, 1.165) is 54.5 Å². The van der Waals surface area contributed by atoms with Crippen LogP contribution < -0.4 is 0 Å². The first-order valence-electron chi connectivity index (χ1n) is 8.54. The topological polar surface area (TPSA) is 38.1 Å². The van der Waals surface area contributed by atoms with Gasteiger partial charge in [0, 0.05) is 18.0 Å². The minimum absolute atomic E-state index is 0.198. The fourth-order valence-corrected chi connectivity index (χ4v) is 4.92. The number of thiophene rings is 1. The first-order chi connectivity index (χ1) is 11.1. The van der Waals surface area contributed by atoms with Gasteiger partial charge in [0.25, 0.3) is 5.91 Å². The SMILES string of the molecule is Cc1cc2n(n1)CCCN(C(=O)c1cc3c(s1)CC[C@H](C)C3)C2. The molecule has 0 saturated carbocycles. The average molecular weight is 329 g/mol. The zero-order chi connectivity index (χ0) is 16.0. The van der Waals surface area contributed by atoms with E-state index in [9.17, 15) is 4.79 Å². The largest absolute Gasteiger partial charge is 0.332 e. The van der Waals surface area contributed by atoms with Crippen LogP contribution in [0.4, 0.5) is 0 Å². The van der Waals surface area contributed by atoms with E-state index < -0.39 is 0 Å². The molecule has 2 aliphatic rings. The van der Waals surface area contributed by atoms with Crippen molar-refractivity contribution in [2.75, 3.05) is 6.54 Å². The van der Waals surface area contributed by atoms with Gasteiger partial charge in [0.2, 0.25) is 0 Å². The lowest BCUT2D eigenvalue weighted by Gasteiger charge is -2.19. The van der Waals surface area contributed by atoms with Crippen molar-refractivity contribution in [3.63, 3.8) is 0 Å². The molecule has 0 unspecified atom stereocenters. The summed E-state index contributed by atoms with van der Waals surface area (Å²) in [4.78, 5) is 17.3. The third-order valence-corrected chi connectivity index (χ3v) is 6.19. The van der Waals surface area contributed by atoms with E-state index >= 15 is 0 Å². The molecule has 5 heteroatoms. The van der Waals surface area contributed by atoms with Gasteiger partial charge in [-0.2, -0.15) is 5.10 Å². The lowest BCUT2D eigenvalue weighted by Crippen LogP contribution is -2.30. The minimum atomic E-state index is 0.198. The summed E-state index contributed by atoms with van der Waals surface area (Å²) < 4.78 is 2.06. The van der Waals surface area contributed by atoms with Gasteiger partial charge in [0.1, 0.15) is 0 Å². The molecular weight excluding hydrogens is 306 g/mol. The molecule has 1 aliphatic carbocycles. The Morgan fingerprint density at radius 1 is 1.35 bits per heavy atom. The number of amides is 1. The summed E-state index contributed by atoms with van der Waals surface area (Å²) in [6.45, 7) is 6.73. The van der Waals surface area contributed by atoms with Gasteiger partial charge >= 0.3 is 0 Å². The lowest BCUT2D eigenvalue weighted by atomic mass is 9.90. The number of hydrogen-bond acceptors (Lipinski definition) is 3. The summed E-state index contributed by atoms with van der Waals surface area (Å²) in [5.41, 5.74) is 3.60. The molecule has 2 aromatic rings. The highest BCUT2D eigenvalue weighted by molar-refractivity contribution is 7.14. The van der Waals surface area contributed by atoms with Gasteiger partial charge < -0.3 is 4.90 Å². The molecule has 3 heterocycles. The van der Waals surface area contributed by atoms with Crippen LogP contribution in [0.1, 0.15) is 51.3 Å². The maximum absolute atomic E-state index is 13.0. The standard InChI is InChI=1S/C18H23N3OS/c1-12-4-5-16-14(8-12)10-17(23-16)18(22)20-6-3-7-21-15(11-20)9-13(2)19-21/h9-10,12H,3-8,11H2,1-2H3/t12-/m0/s1. The molecule has 0 fully saturated rings. The summed E-state index contributed by atoms with van der Waals surface area (Å²) in [6, 6.07) is 4.26. The molecule has 2 aromatic heterocycles. The highest BCUT2D eigenvalue weighted by atomic mass is 32.1. The van der Waals surface area contributed by atoms with Gasteiger partial charge in [-0.15, -0.1) is 11.3 Å². The predicted molar refractivity (Wildman–Crippen MR) is 91.8 cm³/mol. The second-order valence-electron chi connectivity index (χ2n) is 6.99. The predicted octanol–water partition coefficient (Wildman–Crippen LogP) is 3.42. The number of aromatic nitrogens is 2. The molecule has 0 spiro atoms. The van der Waals surface area contributed by atoms with Crippen molar-refractivity contribution in [2.24, 2.45) is 5.92 Å². The minimum Gasteiger partial charge on any atom is -0.332 e. The van der Waals surface area contributed by atoms with Crippen LogP contribution in [-0.2, 0) is 25.9 Å². The molecule has 0 aromatic carbocycles. The Morgan fingerprint density at radius 3 is 3.09 bits per heavy atom. The van der Waals surface area contributed by atoms with Gasteiger partial charge in [0.05, 0.1) is 22.8 Å². The van der Waals surface area contributed by atoms with Crippen LogP contribution in [0.2, 0.25) is 0 Å². The molecule has 0 N–H and O–H groups in total. The maximum atomic E-state index is 13.0. The summed E-state index contributed by atoms with van der Waals surface area (Å²) in [7, 11) is 0. The molecule has 4 rings (SSSR count). The van der Waals surface area contributed by atoms with Crippen molar-refractivity contribution >= 4 is 17.2 Å². The van der Waals surface area contributed by atoms with E-state index in [4.69, 9.17) is 0 Å².